The third-order valence-electron chi connectivity index (χ3n) is 4.17. The Morgan fingerprint density at radius 1 is 0.913 bits per heavy atom. The maximum atomic E-state index is 12.9. The van der Waals surface area contributed by atoms with Crippen molar-refractivity contribution in [2.75, 3.05) is 11.4 Å². The highest BCUT2D eigenvalue weighted by Gasteiger charge is 2.23. The normalized spacial score (nSPS) is 11.8. The predicted molar refractivity (Wildman–Crippen MR) is 94.4 cm³/mol. The van der Waals surface area contributed by atoms with Crippen LogP contribution in [0.1, 0.15) is 11.1 Å². The van der Waals surface area contributed by atoms with Gasteiger partial charge in [0.25, 0.3) is 10.0 Å². The molecule has 0 bridgehead atoms. The fourth-order valence-corrected chi connectivity index (χ4v) is 3.97. The number of aryl methyl sites for hydroxylation is 3. The zero-order valence-electron chi connectivity index (χ0n) is 13.7. The van der Waals surface area contributed by atoms with Crippen LogP contribution in [0.25, 0.3) is 10.9 Å². The number of sulfonamides is 1. The fraction of sp³-hybridized carbons (Fsp3) is 0.222. The minimum atomic E-state index is -3.58. The van der Waals surface area contributed by atoms with Gasteiger partial charge in [-0.3, -0.25) is 4.31 Å². The van der Waals surface area contributed by atoms with Crippen molar-refractivity contribution in [3.63, 3.8) is 0 Å². The van der Waals surface area contributed by atoms with Crippen LogP contribution in [0.5, 0.6) is 0 Å². The van der Waals surface area contributed by atoms with Gasteiger partial charge in [-0.1, -0.05) is 29.3 Å². The molecule has 0 spiro atoms. The molecule has 0 aliphatic rings. The summed E-state index contributed by atoms with van der Waals surface area (Å²) in [6, 6.07) is 14.9. The minimum Gasteiger partial charge on any atom is -0.330 e. The summed E-state index contributed by atoms with van der Waals surface area (Å²) in [5, 5.41) is 1.04. The van der Waals surface area contributed by atoms with Crippen molar-refractivity contribution in [2.45, 2.75) is 18.7 Å². The smallest absolute Gasteiger partial charge is 0.265 e. The van der Waals surface area contributed by atoms with Crippen LogP contribution < -0.4 is 4.31 Å². The van der Waals surface area contributed by atoms with Gasteiger partial charge in [0.2, 0.25) is 0 Å². The van der Waals surface area contributed by atoms with Gasteiger partial charge in [-0.15, -0.1) is 0 Å². The number of fused-ring (bicyclic) bond motifs is 1. The molecule has 1 heterocycles. The van der Waals surface area contributed by atoms with E-state index in [0.717, 1.165) is 22.0 Å². The molecule has 0 radical (unpaired) electrons. The number of nitrogens with zero attached hydrogens (tertiary/aromatic N) is 2. The highest BCUT2D eigenvalue weighted by Crippen LogP contribution is 2.29. The van der Waals surface area contributed by atoms with Gasteiger partial charge in [0.1, 0.15) is 5.82 Å². The van der Waals surface area contributed by atoms with E-state index in [0.29, 0.717) is 10.7 Å². The lowest BCUT2D eigenvalue weighted by Crippen LogP contribution is -2.28. The Kier molecular flexibility index (Phi) is 3.68. The molecule has 3 rings (SSSR count). The first-order valence-electron chi connectivity index (χ1n) is 7.42. The van der Waals surface area contributed by atoms with E-state index < -0.39 is 10.0 Å². The third-order valence-corrected chi connectivity index (χ3v) is 5.95. The van der Waals surface area contributed by atoms with E-state index in [1.54, 1.807) is 19.2 Å². The monoisotopic (exact) mass is 328 g/mol. The Bertz CT molecular complexity index is 970. The lowest BCUT2D eigenvalue weighted by atomic mass is 10.2. The lowest BCUT2D eigenvalue weighted by Gasteiger charge is -2.20. The van der Waals surface area contributed by atoms with E-state index >= 15 is 0 Å². The summed E-state index contributed by atoms with van der Waals surface area (Å²) in [5.74, 6) is 0.645. The molecular weight excluding hydrogens is 308 g/mol. The van der Waals surface area contributed by atoms with E-state index in [2.05, 4.69) is 6.07 Å². The van der Waals surface area contributed by atoms with Crippen molar-refractivity contribution >= 4 is 26.7 Å². The van der Waals surface area contributed by atoms with Crippen molar-refractivity contribution < 1.29 is 8.42 Å². The molecule has 0 fully saturated rings. The average molecular weight is 328 g/mol. The highest BCUT2D eigenvalue weighted by molar-refractivity contribution is 7.92. The maximum Gasteiger partial charge on any atom is 0.265 e. The van der Waals surface area contributed by atoms with Crippen LogP contribution in [0.3, 0.4) is 0 Å². The first-order valence-corrected chi connectivity index (χ1v) is 8.86. The Labute approximate surface area is 137 Å². The molecule has 0 aliphatic heterocycles. The predicted octanol–water partition coefficient (Wildman–Crippen LogP) is 3.62. The second-order valence-electron chi connectivity index (χ2n) is 5.91. The van der Waals surface area contributed by atoms with Gasteiger partial charge >= 0.3 is 0 Å². The zero-order valence-corrected chi connectivity index (χ0v) is 14.6. The van der Waals surface area contributed by atoms with Gasteiger partial charge in [-0.25, -0.2) is 8.42 Å². The van der Waals surface area contributed by atoms with Crippen LogP contribution in [0, 0.1) is 13.8 Å². The van der Waals surface area contributed by atoms with Crippen molar-refractivity contribution in [1.82, 2.24) is 4.57 Å². The van der Waals surface area contributed by atoms with Crippen LogP contribution in [0.4, 0.5) is 5.82 Å². The molecule has 5 heteroatoms. The quantitative estimate of drug-likeness (QED) is 0.737. The Morgan fingerprint density at radius 2 is 1.52 bits per heavy atom. The lowest BCUT2D eigenvalue weighted by molar-refractivity contribution is 0.593. The van der Waals surface area contributed by atoms with Crippen molar-refractivity contribution in [3.8, 4) is 0 Å². The standard InChI is InChI=1S/C18H20N2O2S/c1-13-5-8-16(9-6-13)23(21,22)20(4)18-12-15-11-14(2)7-10-17(15)19(18)3/h5-12H,1-4H3. The topological polar surface area (TPSA) is 42.3 Å². The molecule has 120 valence electrons. The molecule has 0 unspecified atom stereocenters. The molecule has 2 aromatic carbocycles. The third kappa shape index (κ3) is 2.61. The Hall–Kier alpha value is -2.27. The van der Waals surface area contributed by atoms with Crippen LogP contribution in [0.15, 0.2) is 53.4 Å². The fourth-order valence-electron chi connectivity index (χ4n) is 2.75. The van der Waals surface area contributed by atoms with Crippen LogP contribution in [-0.4, -0.2) is 20.0 Å². The Morgan fingerprint density at radius 3 is 2.17 bits per heavy atom. The number of anilines is 1. The number of benzene rings is 2. The number of aromatic nitrogens is 1. The van der Waals surface area contributed by atoms with Gasteiger partial charge in [0.05, 0.1) is 4.90 Å². The molecule has 0 saturated carbocycles. The molecule has 0 atom stereocenters. The maximum absolute atomic E-state index is 12.9. The number of rotatable bonds is 3. The number of hydrogen-bond donors (Lipinski definition) is 0. The SMILES string of the molecule is Cc1ccc(S(=O)(=O)N(C)c2cc3cc(C)ccc3n2C)cc1. The van der Waals surface area contributed by atoms with E-state index in [-0.39, 0.29) is 0 Å². The molecular formula is C18H20N2O2S. The van der Waals surface area contributed by atoms with Crippen LogP contribution in [-0.2, 0) is 17.1 Å². The van der Waals surface area contributed by atoms with Gasteiger partial charge in [0, 0.05) is 25.0 Å². The Balaban J connectivity index is 2.10. The van der Waals surface area contributed by atoms with E-state index in [4.69, 9.17) is 0 Å². The second kappa shape index (κ2) is 5.42. The number of hydrogen-bond acceptors (Lipinski definition) is 2. The summed E-state index contributed by atoms with van der Waals surface area (Å²) in [7, 11) is -0.1000. The molecule has 0 saturated heterocycles. The van der Waals surface area contributed by atoms with Crippen LogP contribution in [0.2, 0.25) is 0 Å². The van der Waals surface area contributed by atoms with Gasteiger partial charge in [-0.2, -0.15) is 0 Å². The minimum absolute atomic E-state index is 0.298. The van der Waals surface area contributed by atoms with E-state index in [9.17, 15) is 8.42 Å². The van der Waals surface area contributed by atoms with Gasteiger partial charge in [0.15, 0.2) is 0 Å². The zero-order chi connectivity index (χ0) is 16.8. The molecule has 0 aliphatic carbocycles. The van der Waals surface area contributed by atoms with Crippen molar-refractivity contribution in [3.05, 3.63) is 59.7 Å². The summed E-state index contributed by atoms with van der Waals surface area (Å²) in [4.78, 5) is 0.298. The van der Waals surface area contributed by atoms with Gasteiger partial charge < -0.3 is 4.57 Å². The van der Waals surface area contributed by atoms with Crippen molar-refractivity contribution in [1.29, 1.82) is 0 Å². The first-order chi connectivity index (χ1) is 10.8. The molecule has 23 heavy (non-hydrogen) atoms. The summed E-state index contributed by atoms with van der Waals surface area (Å²) < 4.78 is 28.9. The second-order valence-corrected chi connectivity index (χ2v) is 7.88. The highest BCUT2D eigenvalue weighted by atomic mass is 32.2. The molecule has 4 nitrogen and oxygen atoms in total. The molecule has 0 N–H and O–H groups in total. The summed E-state index contributed by atoms with van der Waals surface area (Å²) >= 11 is 0. The van der Waals surface area contributed by atoms with Gasteiger partial charge in [-0.05, 0) is 44.2 Å². The molecule has 0 amide bonds. The summed E-state index contributed by atoms with van der Waals surface area (Å²) in [6.07, 6.45) is 0. The van der Waals surface area contributed by atoms with Crippen molar-refractivity contribution in [2.24, 2.45) is 7.05 Å². The largest absolute Gasteiger partial charge is 0.330 e. The molecule has 3 aromatic rings. The van der Waals surface area contributed by atoms with E-state index in [1.807, 2.05) is 55.8 Å². The average Bonchev–Trinajstić information content (AvgIpc) is 2.83. The van der Waals surface area contributed by atoms with Crippen LogP contribution >= 0.6 is 0 Å². The molecule has 1 aromatic heterocycles. The summed E-state index contributed by atoms with van der Waals surface area (Å²) in [5.41, 5.74) is 3.20. The summed E-state index contributed by atoms with van der Waals surface area (Å²) in [6.45, 7) is 3.96. The first kappa shape index (κ1) is 15.6. The van der Waals surface area contributed by atoms with E-state index in [1.165, 1.54) is 4.31 Å².